The second-order valence-corrected chi connectivity index (χ2v) is 12.0. The Morgan fingerprint density at radius 3 is 2.53 bits per heavy atom. The molecule has 4 heteroatoms. The summed E-state index contributed by atoms with van der Waals surface area (Å²) in [5.74, 6) is -0.248. The van der Waals surface area contributed by atoms with E-state index in [-0.39, 0.29) is 11.8 Å². The molecule has 0 spiro atoms. The highest BCUT2D eigenvalue weighted by atomic mass is 28.3. The zero-order chi connectivity index (χ0) is 13.1. The van der Waals surface area contributed by atoms with Gasteiger partial charge in [-0.05, 0) is 25.8 Å². The lowest BCUT2D eigenvalue weighted by Gasteiger charge is -2.29. The van der Waals surface area contributed by atoms with Crippen LogP contribution in [0.4, 0.5) is 0 Å². The first kappa shape index (κ1) is 14.4. The highest BCUT2D eigenvalue weighted by Crippen LogP contribution is 2.34. The van der Waals surface area contributed by atoms with Crippen molar-refractivity contribution in [3.63, 3.8) is 0 Å². The molecular formula is C13H24O3Si. The molecule has 1 fully saturated rings. The maximum Gasteiger partial charge on any atom is 0.319 e. The first-order chi connectivity index (χ1) is 7.76. The Balaban J connectivity index is 2.49. The van der Waals surface area contributed by atoms with Crippen molar-refractivity contribution in [2.75, 3.05) is 6.61 Å². The molecule has 1 unspecified atom stereocenters. The maximum absolute atomic E-state index is 12.0. The molecule has 3 nitrogen and oxygen atoms in total. The highest BCUT2D eigenvalue weighted by Gasteiger charge is 2.43. The summed E-state index contributed by atoms with van der Waals surface area (Å²) in [6, 6.07) is 0.961. The van der Waals surface area contributed by atoms with Crippen LogP contribution in [0.25, 0.3) is 0 Å². The lowest BCUT2D eigenvalue weighted by atomic mass is 9.75. The third-order valence-electron chi connectivity index (χ3n) is 3.48. The number of hydrogen-bond acceptors (Lipinski definition) is 3. The fraction of sp³-hybridized carbons (Fsp3) is 0.846. The van der Waals surface area contributed by atoms with Crippen LogP contribution in [0, 0.1) is 5.41 Å². The average Bonchev–Trinajstić information content (AvgIpc) is 2.20. The van der Waals surface area contributed by atoms with Gasteiger partial charge in [-0.25, -0.2) is 0 Å². The van der Waals surface area contributed by atoms with Crippen LogP contribution in [-0.4, -0.2) is 26.4 Å². The first-order valence-electron chi connectivity index (χ1n) is 6.46. The van der Waals surface area contributed by atoms with Crippen molar-refractivity contribution in [2.45, 2.75) is 58.3 Å². The first-order valence-corrected chi connectivity index (χ1v) is 10.2. The van der Waals surface area contributed by atoms with Gasteiger partial charge in [0.2, 0.25) is 0 Å². The number of Topliss-reactive ketones (excluding diaryl/α,β-unsaturated/α-hetero) is 1. The van der Waals surface area contributed by atoms with Crippen LogP contribution in [0.15, 0.2) is 0 Å². The van der Waals surface area contributed by atoms with E-state index in [1.54, 1.807) is 6.92 Å². The molecule has 1 aliphatic rings. The third kappa shape index (κ3) is 3.94. The van der Waals surface area contributed by atoms with Gasteiger partial charge in [0, 0.05) is 14.5 Å². The fourth-order valence-electron chi connectivity index (χ4n) is 2.00. The smallest absolute Gasteiger partial charge is 0.319 e. The van der Waals surface area contributed by atoms with Crippen molar-refractivity contribution in [1.29, 1.82) is 0 Å². The highest BCUT2D eigenvalue weighted by molar-refractivity contribution is 6.76. The van der Waals surface area contributed by atoms with Crippen molar-refractivity contribution in [3.05, 3.63) is 0 Å². The Kier molecular flexibility index (Phi) is 4.53. The summed E-state index contributed by atoms with van der Waals surface area (Å²) < 4.78 is 5.31. The largest absolute Gasteiger partial charge is 0.465 e. The van der Waals surface area contributed by atoms with E-state index in [4.69, 9.17) is 4.74 Å². The van der Waals surface area contributed by atoms with E-state index < -0.39 is 13.5 Å². The van der Waals surface area contributed by atoms with Gasteiger partial charge in [0.25, 0.3) is 0 Å². The van der Waals surface area contributed by atoms with Crippen LogP contribution in [0.1, 0.15) is 32.6 Å². The molecule has 0 aromatic heterocycles. The summed E-state index contributed by atoms with van der Waals surface area (Å²) in [6.45, 7) is 8.94. The van der Waals surface area contributed by atoms with E-state index in [0.717, 1.165) is 18.9 Å². The monoisotopic (exact) mass is 256 g/mol. The minimum Gasteiger partial charge on any atom is -0.465 e. The van der Waals surface area contributed by atoms with Crippen LogP contribution in [0.3, 0.4) is 0 Å². The normalized spacial score (nSPS) is 25.8. The number of esters is 1. The van der Waals surface area contributed by atoms with Gasteiger partial charge in [0.15, 0.2) is 0 Å². The molecule has 1 rings (SSSR count). The summed E-state index contributed by atoms with van der Waals surface area (Å²) in [7, 11) is -1.18. The predicted molar refractivity (Wildman–Crippen MR) is 70.7 cm³/mol. The molecule has 1 saturated carbocycles. The molecule has 17 heavy (non-hydrogen) atoms. The van der Waals surface area contributed by atoms with Gasteiger partial charge in [0.1, 0.15) is 11.2 Å². The molecule has 0 heterocycles. The van der Waals surface area contributed by atoms with Gasteiger partial charge >= 0.3 is 5.97 Å². The van der Waals surface area contributed by atoms with Crippen LogP contribution >= 0.6 is 0 Å². The van der Waals surface area contributed by atoms with Gasteiger partial charge in [-0.1, -0.05) is 26.1 Å². The summed E-state index contributed by atoms with van der Waals surface area (Å²) in [6.07, 6.45) is 3.04. The standard InChI is InChI=1S/C13H24O3Si/c1-13(8-6-5-7-11(13)14)12(15)16-9-10-17(2,3)4/h5-10H2,1-4H3. The number of ether oxygens (including phenoxy) is 1. The lowest BCUT2D eigenvalue weighted by Crippen LogP contribution is -2.40. The molecule has 1 aliphatic carbocycles. The van der Waals surface area contributed by atoms with Crippen molar-refractivity contribution in [2.24, 2.45) is 5.41 Å². The molecule has 0 saturated heterocycles. The summed E-state index contributed by atoms with van der Waals surface area (Å²) >= 11 is 0. The van der Waals surface area contributed by atoms with Crippen LogP contribution in [0.5, 0.6) is 0 Å². The third-order valence-corrected chi connectivity index (χ3v) is 5.19. The van der Waals surface area contributed by atoms with E-state index in [0.29, 0.717) is 19.4 Å². The van der Waals surface area contributed by atoms with Crippen LogP contribution in [0.2, 0.25) is 25.7 Å². The molecule has 0 aromatic carbocycles. The summed E-state index contributed by atoms with van der Waals surface area (Å²) in [4.78, 5) is 23.8. The van der Waals surface area contributed by atoms with Gasteiger partial charge < -0.3 is 4.74 Å². The van der Waals surface area contributed by atoms with Crippen molar-refractivity contribution >= 4 is 19.8 Å². The van der Waals surface area contributed by atoms with Gasteiger partial charge in [-0.3, -0.25) is 9.59 Å². The topological polar surface area (TPSA) is 43.4 Å². The van der Waals surface area contributed by atoms with E-state index in [1.165, 1.54) is 0 Å². The van der Waals surface area contributed by atoms with Crippen LogP contribution < -0.4 is 0 Å². The predicted octanol–water partition coefficient (Wildman–Crippen LogP) is 3.02. The van der Waals surface area contributed by atoms with E-state index >= 15 is 0 Å². The molecular weight excluding hydrogens is 232 g/mol. The minimum atomic E-state index is -1.18. The van der Waals surface area contributed by atoms with E-state index in [1.807, 2.05) is 0 Å². The van der Waals surface area contributed by atoms with Crippen molar-refractivity contribution < 1.29 is 14.3 Å². The molecule has 0 bridgehead atoms. The number of carbonyl (C=O) groups is 2. The second-order valence-electron chi connectivity index (χ2n) is 6.41. The molecule has 0 aliphatic heterocycles. The molecule has 0 amide bonds. The second kappa shape index (κ2) is 5.34. The average molecular weight is 256 g/mol. The number of hydrogen-bond donors (Lipinski definition) is 0. The van der Waals surface area contributed by atoms with Crippen LogP contribution in [-0.2, 0) is 14.3 Å². The van der Waals surface area contributed by atoms with Gasteiger partial charge in [-0.15, -0.1) is 0 Å². The molecule has 1 atom stereocenters. The van der Waals surface area contributed by atoms with Gasteiger partial charge in [-0.2, -0.15) is 0 Å². The molecule has 0 N–H and O–H groups in total. The molecule has 0 radical (unpaired) electrons. The number of rotatable bonds is 4. The number of ketones is 1. The fourth-order valence-corrected chi connectivity index (χ4v) is 2.72. The number of carbonyl (C=O) groups excluding carboxylic acids is 2. The van der Waals surface area contributed by atoms with Crippen molar-refractivity contribution in [1.82, 2.24) is 0 Å². The Hall–Kier alpha value is -0.643. The SMILES string of the molecule is CC1(C(=O)OCC[Si](C)(C)C)CCCCC1=O. The Morgan fingerprint density at radius 2 is 2.00 bits per heavy atom. The van der Waals surface area contributed by atoms with E-state index in [2.05, 4.69) is 19.6 Å². The van der Waals surface area contributed by atoms with Gasteiger partial charge in [0.05, 0.1) is 6.61 Å². The van der Waals surface area contributed by atoms with Crippen molar-refractivity contribution in [3.8, 4) is 0 Å². The Labute approximate surface area is 105 Å². The zero-order valence-electron chi connectivity index (χ0n) is 11.5. The minimum absolute atomic E-state index is 0.0572. The Bertz CT molecular complexity index is 306. The summed E-state index contributed by atoms with van der Waals surface area (Å²) in [5.41, 5.74) is -0.863. The zero-order valence-corrected chi connectivity index (χ0v) is 12.5. The lowest BCUT2D eigenvalue weighted by molar-refractivity contribution is -0.160. The molecule has 0 aromatic rings. The summed E-state index contributed by atoms with van der Waals surface area (Å²) in [5, 5.41) is 0. The quantitative estimate of drug-likeness (QED) is 0.441. The molecule has 98 valence electrons. The maximum atomic E-state index is 12.0. The Morgan fingerprint density at radius 1 is 1.35 bits per heavy atom. The van der Waals surface area contributed by atoms with E-state index in [9.17, 15) is 9.59 Å².